The number of aromatic nitrogens is 1. The second-order valence-electron chi connectivity index (χ2n) is 4.59. The number of hydrogen-bond acceptors (Lipinski definition) is 5. The molecule has 0 radical (unpaired) electrons. The minimum atomic E-state index is 0.243. The lowest BCUT2D eigenvalue weighted by Gasteiger charge is -2.00. The summed E-state index contributed by atoms with van der Waals surface area (Å²) < 4.78 is 0. The Balaban J connectivity index is 1.81. The zero-order valence-corrected chi connectivity index (χ0v) is 13.5. The molecule has 0 aliphatic carbocycles. The molecule has 23 heavy (non-hydrogen) atoms. The van der Waals surface area contributed by atoms with Crippen LogP contribution in [0.1, 0.15) is 5.01 Å². The predicted octanol–water partition coefficient (Wildman–Crippen LogP) is 4.80. The van der Waals surface area contributed by atoms with Crippen LogP contribution in [-0.2, 0) is 0 Å². The molecule has 0 unspecified atom stereocenters. The molecule has 0 aliphatic heterocycles. The number of rotatable bonds is 4. The third kappa shape index (κ3) is 3.75. The molecule has 1 heterocycles. The van der Waals surface area contributed by atoms with Gasteiger partial charge in [-0.1, -0.05) is 41.9 Å². The van der Waals surface area contributed by atoms with Crippen LogP contribution in [0.25, 0.3) is 11.3 Å². The number of hydrazone groups is 1. The molecule has 0 atom stereocenters. The van der Waals surface area contributed by atoms with Crippen LogP contribution in [0.3, 0.4) is 0 Å². The van der Waals surface area contributed by atoms with E-state index in [1.165, 1.54) is 11.3 Å². The van der Waals surface area contributed by atoms with Crippen molar-refractivity contribution in [1.82, 2.24) is 4.98 Å². The second kappa shape index (κ2) is 7.05. The van der Waals surface area contributed by atoms with Crippen LogP contribution in [0.2, 0.25) is 5.02 Å². The van der Waals surface area contributed by atoms with Gasteiger partial charge in [0, 0.05) is 16.0 Å². The van der Waals surface area contributed by atoms with Gasteiger partial charge in [-0.15, -0.1) is 11.3 Å². The average molecular weight is 339 g/mol. The maximum absolute atomic E-state index is 9.31. The predicted molar refractivity (Wildman–Crippen MR) is 94.8 cm³/mol. The Labute approximate surface area is 142 Å². The summed E-state index contributed by atoms with van der Waals surface area (Å²) in [5, 5.41) is 16.6. The fourth-order valence-electron chi connectivity index (χ4n) is 1.89. The number of benzene rings is 2. The lowest BCUT2D eigenvalue weighted by molar-refractivity contribution is 1.31. The number of anilines is 1. The topological polar surface area (TPSA) is 61.1 Å². The smallest absolute Gasteiger partial charge is 0.196 e. The fraction of sp³-hybridized carbons (Fsp3) is 0. The molecule has 2 aromatic carbocycles. The fourth-order valence-corrected chi connectivity index (χ4v) is 2.78. The number of thiazole rings is 1. The van der Waals surface area contributed by atoms with Crippen LogP contribution >= 0.6 is 22.9 Å². The van der Waals surface area contributed by atoms with E-state index < -0.39 is 0 Å². The molecular weight excluding hydrogens is 328 g/mol. The zero-order chi connectivity index (χ0) is 16.1. The lowest BCUT2D eigenvalue weighted by Crippen LogP contribution is -2.01. The molecule has 6 heteroatoms. The standard InChI is InChI=1S/C17H11ClN4S/c18-13-6-8-14(9-7-13)21-22-15(10-19)17-20-16(11-23-17)12-4-2-1-3-5-12/h1-9,11,21H/b22-15+. The average Bonchev–Trinajstić information content (AvgIpc) is 3.08. The van der Waals surface area contributed by atoms with Crippen molar-refractivity contribution in [3.8, 4) is 17.3 Å². The number of halogens is 1. The van der Waals surface area contributed by atoms with Gasteiger partial charge in [0.05, 0.1) is 11.4 Å². The number of nitrogens with zero attached hydrogens (tertiary/aromatic N) is 3. The van der Waals surface area contributed by atoms with Crippen LogP contribution in [-0.4, -0.2) is 10.7 Å². The van der Waals surface area contributed by atoms with E-state index in [0.29, 0.717) is 10.0 Å². The maximum atomic E-state index is 9.31. The van der Waals surface area contributed by atoms with Crippen LogP contribution < -0.4 is 5.43 Å². The first kappa shape index (κ1) is 15.2. The third-order valence-electron chi connectivity index (χ3n) is 3.02. The van der Waals surface area contributed by atoms with Crippen molar-refractivity contribution in [3.63, 3.8) is 0 Å². The first-order valence-electron chi connectivity index (χ1n) is 6.77. The molecule has 0 saturated heterocycles. The molecule has 3 aromatic rings. The van der Waals surface area contributed by atoms with E-state index in [2.05, 4.69) is 21.6 Å². The minimum absolute atomic E-state index is 0.243. The van der Waals surface area contributed by atoms with Crippen molar-refractivity contribution in [2.75, 3.05) is 5.43 Å². The summed E-state index contributed by atoms with van der Waals surface area (Å²) in [5.74, 6) is 0. The summed E-state index contributed by atoms with van der Waals surface area (Å²) in [6.45, 7) is 0. The van der Waals surface area contributed by atoms with E-state index in [4.69, 9.17) is 11.6 Å². The maximum Gasteiger partial charge on any atom is 0.196 e. The SMILES string of the molecule is N#C/C(=N\Nc1ccc(Cl)cc1)c1nc(-c2ccccc2)cs1. The number of nitrogens with one attached hydrogen (secondary N) is 1. The Bertz CT molecular complexity index is 864. The lowest BCUT2D eigenvalue weighted by atomic mass is 10.2. The van der Waals surface area contributed by atoms with Gasteiger partial charge in [-0.25, -0.2) is 4.98 Å². The van der Waals surface area contributed by atoms with Gasteiger partial charge in [0.25, 0.3) is 0 Å². The molecule has 4 nitrogen and oxygen atoms in total. The summed E-state index contributed by atoms with van der Waals surface area (Å²) in [7, 11) is 0. The first-order valence-corrected chi connectivity index (χ1v) is 8.03. The second-order valence-corrected chi connectivity index (χ2v) is 5.89. The third-order valence-corrected chi connectivity index (χ3v) is 4.12. The molecule has 0 aliphatic rings. The molecule has 1 N–H and O–H groups in total. The van der Waals surface area contributed by atoms with Gasteiger partial charge in [-0.05, 0) is 24.3 Å². The van der Waals surface area contributed by atoms with Crippen molar-refractivity contribution in [2.45, 2.75) is 0 Å². The van der Waals surface area contributed by atoms with Crippen molar-refractivity contribution < 1.29 is 0 Å². The highest BCUT2D eigenvalue weighted by Crippen LogP contribution is 2.22. The highest BCUT2D eigenvalue weighted by molar-refractivity contribution is 7.12. The van der Waals surface area contributed by atoms with E-state index in [9.17, 15) is 5.26 Å². The summed E-state index contributed by atoms with van der Waals surface area (Å²) in [6, 6.07) is 19.0. The van der Waals surface area contributed by atoms with Gasteiger partial charge >= 0.3 is 0 Å². The summed E-state index contributed by atoms with van der Waals surface area (Å²) in [6.07, 6.45) is 0. The number of nitriles is 1. The molecule has 0 spiro atoms. The van der Waals surface area contributed by atoms with Gasteiger partial charge in [0.1, 0.15) is 6.07 Å². The molecule has 3 rings (SSSR count). The molecule has 112 valence electrons. The summed E-state index contributed by atoms with van der Waals surface area (Å²) in [5.41, 5.74) is 5.68. The highest BCUT2D eigenvalue weighted by Gasteiger charge is 2.10. The Morgan fingerprint density at radius 1 is 1.13 bits per heavy atom. The normalized spacial score (nSPS) is 11.0. The first-order chi connectivity index (χ1) is 11.3. The van der Waals surface area contributed by atoms with Crippen LogP contribution in [0.5, 0.6) is 0 Å². The number of hydrogen-bond donors (Lipinski definition) is 1. The molecule has 0 bridgehead atoms. The monoisotopic (exact) mass is 338 g/mol. The molecule has 0 amide bonds. The Morgan fingerprint density at radius 2 is 1.87 bits per heavy atom. The quantitative estimate of drug-likeness (QED) is 0.549. The van der Waals surface area contributed by atoms with E-state index in [-0.39, 0.29) is 5.71 Å². The van der Waals surface area contributed by atoms with Gasteiger partial charge < -0.3 is 0 Å². The van der Waals surface area contributed by atoms with Crippen molar-refractivity contribution >= 4 is 34.3 Å². The van der Waals surface area contributed by atoms with Gasteiger partial charge in [0.15, 0.2) is 10.7 Å². The Hall–Kier alpha value is -2.68. The summed E-state index contributed by atoms with van der Waals surface area (Å²) in [4.78, 5) is 4.48. The molecule has 0 fully saturated rings. The van der Waals surface area contributed by atoms with Crippen LogP contribution in [0.4, 0.5) is 5.69 Å². The van der Waals surface area contributed by atoms with E-state index in [1.807, 2.05) is 35.7 Å². The Morgan fingerprint density at radius 3 is 2.57 bits per heavy atom. The molecule has 0 saturated carbocycles. The summed E-state index contributed by atoms with van der Waals surface area (Å²) >= 11 is 7.22. The largest absolute Gasteiger partial charge is 0.277 e. The van der Waals surface area contributed by atoms with Crippen LogP contribution in [0.15, 0.2) is 65.1 Å². The Kier molecular flexibility index (Phi) is 4.67. The van der Waals surface area contributed by atoms with Gasteiger partial charge in [-0.3, -0.25) is 5.43 Å². The van der Waals surface area contributed by atoms with Crippen molar-refractivity contribution in [2.24, 2.45) is 5.10 Å². The van der Waals surface area contributed by atoms with Gasteiger partial charge in [0.2, 0.25) is 0 Å². The zero-order valence-electron chi connectivity index (χ0n) is 11.9. The highest BCUT2D eigenvalue weighted by atomic mass is 35.5. The van der Waals surface area contributed by atoms with Crippen molar-refractivity contribution in [3.05, 3.63) is 70.0 Å². The van der Waals surface area contributed by atoms with E-state index in [0.717, 1.165) is 16.9 Å². The molecule has 1 aromatic heterocycles. The van der Waals surface area contributed by atoms with E-state index in [1.54, 1.807) is 24.3 Å². The minimum Gasteiger partial charge on any atom is -0.277 e. The van der Waals surface area contributed by atoms with Crippen molar-refractivity contribution in [1.29, 1.82) is 5.26 Å². The van der Waals surface area contributed by atoms with E-state index >= 15 is 0 Å². The van der Waals surface area contributed by atoms with Gasteiger partial charge in [-0.2, -0.15) is 10.4 Å². The molecular formula is C17H11ClN4S. The van der Waals surface area contributed by atoms with Crippen LogP contribution in [0, 0.1) is 11.3 Å².